The minimum absolute atomic E-state index is 0.211. The molecule has 0 radical (unpaired) electrons. The van der Waals surface area contributed by atoms with Gasteiger partial charge < -0.3 is 4.42 Å². The number of benzene rings is 1. The van der Waals surface area contributed by atoms with Crippen LogP contribution in [0.1, 0.15) is 38.3 Å². The summed E-state index contributed by atoms with van der Waals surface area (Å²) in [5.41, 5.74) is 2.36. The van der Waals surface area contributed by atoms with Gasteiger partial charge in [-0.05, 0) is 25.0 Å². The normalized spacial score (nSPS) is 9.88. The zero-order valence-electron chi connectivity index (χ0n) is 11.0. The third-order valence-electron chi connectivity index (χ3n) is 2.67. The van der Waals surface area contributed by atoms with Gasteiger partial charge in [-0.1, -0.05) is 45.4 Å². The van der Waals surface area contributed by atoms with Crippen LogP contribution in [0.4, 0.5) is 0 Å². The highest BCUT2D eigenvalue weighted by molar-refractivity contribution is 5.81. The molecule has 92 valence electrons. The minimum atomic E-state index is -0.211. The first-order chi connectivity index (χ1) is 8.24. The molecule has 2 rings (SSSR count). The van der Waals surface area contributed by atoms with Crippen LogP contribution in [-0.4, -0.2) is 0 Å². The molecule has 0 unspecified atom stereocenters. The first-order valence-electron chi connectivity index (χ1n) is 6.25. The number of hydrogen-bond acceptors (Lipinski definition) is 2. The van der Waals surface area contributed by atoms with E-state index >= 15 is 0 Å². The van der Waals surface area contributed by atoms with Gasteiger partial charge in [-0.3, -0.25) is 0 Å². The highest BCUT2D eigenvalue weighted by Gasteiger charge is 2.09. The number of hydrogen-bond donors (Lipinski definition) is 0. The molecule has 2 nitrogen and oxygen atoms in total. The maximum absolute atomic E-state index is 11.6. The summed E-state index contributed by atoms with van der Waals surface area (Å²) >= 11 is 0. The van der Waals surface area contributed by atoms with Gasteiger partial charge in [0.1, 0.15) is 5.58 Å². The number of rotatable bonds is 2. The van der Waals surface area contributed by atoms with Crippen molar-refractivity contribution in [3.63, 3.8) is 0 Å². The Morgan fingerprint density at radius 1 is 1.18 bits per heavy atom. The molecule has 1 heterocycles. The first-order valence-corrected chi connectivity index (χ1v) is 6.25. The van der Waals surface area contributed by atoms with Gasteiger partial charge in [0.25, 0.3) is 0 Å². The van der Waals surface area contributed by atoms with Crippen LogP contribution in [0, 0.1) is 6.92 Å². The molecule has 0 amide bonds. The summed E-state index contributed by atoms with van der Waals surface area (Å²) in [5, 5.41) is 1.07. The van der Waals surface area contributed by atoms with Crippen molar-refractivity contribution in [1.29, 1.82) is 0 Å². The van der Waals surface area contributed by atoms with Crippen LogP contribution in [0.25, 0.3) is 11.0 Å². The van der Waals surface area contributed by atoms with Gasteiger partial charge in [-0.2, -0.15) is 0 Å². The van der Waals surface area contributed by atoms with Crippen LogP contribution in [0.2, 0.25) is 0 Å². The third kappa shape index (κ3) is 2.76. The van der Waals surface area contributed by atoms with Gasteiger partial charge in [0.05, 0.1) is 0 Å². The van der Waals surface area contributed by atoms with Gasteiger partial charge in [-0.25, -0.2) is 4.79 Å². The van der Waals surface area contributed by atoms with Crippen LogP contribution < -0.4 is 5.63 Å². The fraction of sp³-hybridized carbons (Fsp3) is 0.400. The Bertz CT molecular complexity index is 538. The molecule has 2 heteroatoms. The predicted octanol–water partition coefficient (Wildman–Crippen LogP) is 4.08. The van der Waals surface area contributed by atoms with E-state index in [0.29, 0.717) is 5.58 Å². The van der Waals surface area contributed by atoms with Crippen molar-refractivity contribution < 1.29 is 4.42 Å². The fourth-order valence-electron chi connectivity index (χ4n) is 1.88. The SMILES string of the molecule is CC.CCCc1c(C)c(=O)oc2ccccc12. The Balaban J connectivity index is 0.000000686. The van der Waals surface area contributed by atoms with E-state index in [1.807, 2.05) is 45.0 Å². The average molecular weight is 232 g/mol. The summed E-state index contributed by atoms with van der Waals surface area (Å²) in [6.45, 7) is 7.95. The van der Waals surface area contributed by atoms with E-state index in [4.69, 9.17) is 4.42 Å². The molecule has 1 aromatic heterocycles. The van der Waals surface area contributed by atoms with Gasteiger partial charge in [-0.15, -0.1) is 0 Å². The van der Waals surface area contributed by atoms with E-state index in [1.54, 1.807) is 0 Å². The topological polar surface area (TPSA) is 30.2 Å². The second-order valence-electron chi connectivity index (χ2n) is 3.74. The molecule has 1 aromatic carbocycles. The van der Waals surface area contributed by atoms with Crippen molar-refractivity contribution in [3.8, 4) is 0 Å². The summed E-state index contributed by atoms with van der Waals surface area (Å²) < 4.78 is 5.22. The van der Waals surface area contributed by atoms with Crippen molar-refractivity contribution in [2.24, 2.45) is 0 Å². The molecular weight excluding hydrogens is 212 g/mol. The summed E-state index contributed by atoms with van der Waals surface area (Å²) in [6.07, 6.45) is 1.96. The van der Waals surface area contributed by atoms with Crippen LogP contribution in [0.3, 0.4) is 0 Å². The van der Waals surface area contributed by atoms with Crippen LogP contribution in [-0.2, 0) is 6.42 Å². The minimum Gasteiger partial charge on any atom is -0.423 e. The van der Waals surface area contributed by atoms with Crippen molar-refractivity contribution in [3.05, 3.63) is 45.8 Å². The lowest BCUT2D eigenvalue weighted by Gasteiger charge is -2.06. The average Bonchev–Trinajstić information content (AvgIpc) is 2.37. The summed E-state index contributed by atoms with van der Waals surface area (Å²) in [7, 11) is 0. The van der Waals surface area contributed by atoms with E-state index in [2.05, 4.69) is 6.92 Å². The van der Waals surface area contributed by atoms with Crippen LogP contribution >= 0.6 is 0 Å². The summed E-state index contributed by atoms with van der Waals surface area (Å²) in [6, 6.07) is 7.71. The first kappa shape index (κ1) is 13.5. The van der Waals surface area contributed by atoms with Crippen molar-refractivity contribution >= 4 is 11.0 Å². The number of para-hydroxylation sites is 1. The number of fused-ring (bicyclic) bond motifs is 1. The van der Waals surface area contributed by atoms with E-state index in [1.165, 1.54) is 0 Å². The summed E-state index contributed by atoms with van der Waals surface area (Å²) in [5.74, 6) is 0. The lowest BCUT2D eigenvalue weighted by atomic mass is 10.0. The van der Waals surface area contributed by atoms with Crippen LogP contribution in [0.15, 0.2) is 33.5 Å². The van der Waals surface area contributed by atoms with Crippen molar-refractivity contribution in [2.75, 3.05) is 0 Å². The predicted molar refractivity (Wildman–Crippen MR) is 72.6 cm³/mol. The largest absolute Gasteiger partial charge is 0.423 e. The monoisotopic (exact) mass is 232 g/mol. The lowest BCUT2D eigenvalue weighted by molar-refractivity contribution is 0.552. The zero-order chi connectivity index (χ0) is 12.8. The summed E-state index contributed by atoms with van der Waals surface area (Å²) in [4.78, 5) is 11.6. The molecule has 0 spiro atoms. The van der Waals surface area contributed by atoms with Gasteiger partial charge in [0.15, 0.2) is 0 Å². The smallest absolute Gasteiger partial charge is 0.339 e. The molecule has 0 aliphatic carbocycles. The van der Waals surface area contributed by atoms with Gasteiger partial charge in [0.2, 0.25) is 0 Å². The van der Waals surface area contributed by atoms with E-state index in [0.717, 1.165) is 29.4 Å². The molecule has 0 aliphatic rings. The Kier molecular flexibility index (Phi) is 4.95. The Hall–Kier alpha value is -1.57. The van der Waals surface area contributed by atoms with Crippen molar-refractivity contribution in [1.82, 2.24) is 0 Å². The highest BCUT2D eigenvalue weighted by Crippen LogP contribution is 2.20. The molecule has 0 bridgehead atoms. The Labute approximate surface area is 102 Å². The fourth-order valence-corrected chi connectivity index (χ4v) is 1.88. The highest BCUT2D eigenvalue weighted by atomic mass is 16.4. The van der Waals surface area contributed by atoms with Gasteiger partial charge >= 0.3 is 5.63 Å². The molecular formula is C15H20O2. The van der Waals surface area contributed by atoms with E-state index < -0.39 is 0 Å². The molecule has 0 N–H and O–H groups in total. The molecule has 0 saturated carbocycles. The molecule has 2 aromatic rings. The Morgan fingerprint density at radius 3 is 2.47 bits per heavy atom. The standard InChI is InChI=1S/C13H14O2.C2H6/c1-3-6-10-9(2)13(14)15-12-8-5-4-7-11(10)12;1-2/h4-5,7-8H,3,6H2,1-2H3;1-2H3. The van der Waals surface area contributed by atoms with E-state index in [9.17, 15) is 4.79 Å². The second kappa shape index (κ2) is 6.24. The molecule has 0 aliphatic heterocycles. The maximum atomic E-state index is 11.6. The Morgan fingerprint density at radius 2 is 1.82 bits per heavy atom. The maximum Gasteiger partial charge on any atom is 0.339 e. The van der Waals surface area contributed by atoms with Gasteiger partial charge in [0, 0.05) is 10.9 Å². The molecule has 0 atom stereocenters. The molecule has 17 heavy (non-hydrogen) atoms. The zero-order valence-corrected chi connectivity index (χ0v) is 11.0. The van der Waals surface area contributed by atoms with Crippen molar-refractivity contribution in [2.45, 2.75) is 40.5 Å². The second-order valence-corrected chi connectivity index (χ2v) is 3.74. The number of aryl methyl sites for hydroxylation is 1. The van der Waals surface area contributed by atoms with Crippen LogP contribution in [0.5, 0.6) is 0 Å². The molecule has 0 saturated heterocycles. The quantitative estimate of drug-likeness (QED) is 0.730. The lowest BCUT2D eigenvalue weighted by Crippen LogP contribution is -2.07. The third-order valence-corrected chi connectivity index (χ3v) is 2.67. The van der Waals surface area contributed by atoms with E-state index in [-0.39, 0.29) is 5.63 Å². The molecule has 0 fully saturated rings.